The van der Waals surface area contributed by atoms with E-state index in [2.05, 4.69) is 5.32 Å². The summed E-state index contributed by atoms with van der Waals surface area (Å²) in [5.74, 6) is 0.500. The van der Waals surface area contributed by atoms with E-state index in [1.165, 1.54) is 0 Å². The Morgan fingerprint density at radius 2 is 1.75 bits per heavy atom. The molecule has 0 aliphatic heterocycles. The number of benzene rings is 2. The second kappa shape index (κ2) is 8.31. The summed E-state index contributed by atoms with van der Waals surface area (Å²) in [5, 5.41) is 13.2. The van der Waals surface area contributed by atoms with E-state index in [-0.39, 0.29) is 5.91 Å². The summed E-state index contributed by atoms with van der Waals surface area (Å²) in [5.41, 5.74) is 2.60. The molecular weight excluding hydrogens is 302 g/mol. The van der Waals surface area contributed by atoms with Gasteiger partial charge in [-0.25, -0.2) is 0 Å². The average molecular weight is 325 g/mol. The Morgan fingerprint density at radius 3 is 2.33 bits per heavy atom. The van der Waals surface area contributed by atoms with Crippen LogP contribution in [0.15, 0.2) is 60.7 Å². The Labute approximate surface area is 142 Å². The van der Waals surface area contributed by atoms with Gasteiger partial charge in [-0.2, -0.15) is 0 Å². The van der Waals surface area contributed by atoms with Crippen molar-refractivity contribution in [3.63, 3.8) is 0 Å². The highest BCUT2D eigenvalue weighted by atomic mass is 16.5. The van der Waals surface area contributed by atoms with Gasteiger partial charge in [0, 0.05) is 6.08 Å². The van der Waals surface area contributed by atoms with Crippen molar-refractivity contribution >= 4 is 11.5 Å². The van der Waals surface area contributed by atoms with Crippen molar-refractivity contribution in [2.45, 2.75) is 26.0 Å². The fourth-order valence-corrected chi connectivity index (χ4v) is 2.42. The topological polar surface area (TPSA) is 58.6 Å². The Morgan fingerprint density at radius 1 is 1.12 bits per heavy atom. The number of carbonyl (C=O) groups is 1. The normalized spacial score (nSPS) is 13.9. The van der Waals surface area contributed by atoms with Crippen LogP contribution in [0.5, 0.6) is 5.75 Å². The zero-order chi connectivity index (χ0) is 17.5. The molecule has 2 rings (SSSR count). The number of allylic oxidation sites excluding steroid dienone is 1. The molecule has 2 N–H and O–H groups in total. The van der Waals surface area contributed by atoms with Crippen LogP contribution < -0.4 is 10.1 Å². The Kier molecular flexibility index (Phi) is 6.15. The van der Waals surface area contributed by atoms with E-state index < -0.39 is 12.1 Å². The molecule has 0 aromatic heterocycles. The lowest BCUT2D eigenvalue weighted by atomic mass is 10.0. The van der Waals surface area contributed by atoms with E-state index >= 15 is 0 Å². The van der Waals surface area contributed by atoms with Crippen LogP contribution in [0.2, 0.25) is 0 Å². The number of nitrogens with one attached hydrogen (secondary N) is 1. The van der Waals surface area contributed by atoms with Gasteiger partial charge in [-0.15, -0.1) is 0 Å². The molecular formula is C20H23NO3. The first-order chi connectivity index (χ1) is 11.5. The molecule has 2 unspecified atom stereocenters. The summed E-state index contributed by atoms with van der Waals surface area (Å²) in [7, 11) is 1.59. The van der Waals surface area contributed by atoms with Crippen molar-refractivity contribution in [1.29, 1.82) is 0 Å². The number of carbonyl (C=O) groups excluding carboxylic acids is 1. The molecule has 0 aliphatic carbocycles. The lowest BCUT2D eigenvalue weighted by Crippen LogP contribution is -2.36. The number of aliphatic hydroxyl groups excluding tert-OH is 1. The molecule has 2 aromatic rings. The van der Waals surface area contributed by atoms with Gasteiger partial charge in [-0.3, -0.25) is 4.79 Å². The van der Waals surface area contributed by atoms with Gasteiger partial charge in [0.2, 0.25) is 5.91 Å². The maximum atomic E-state index is 12.2. The molecule has 4 nitrogen and oxygen atoms in total. The predicted molar refractivity (Wildman–Crippen MR) is 95.7 cm³/mol. The molecule has 0 radical (unpaired) electrons. The molecule has 2 aromatic carbocycles. The van der Waals surface area contributed by atoms with Crippen molar-refractivity contribution in [3.8, 4) is 5.75 Å². The van der Waals surface area contributed by atoms with Crippen LogP contribution >= 0.6 is 0 Å². The molecule has 0 spiro atoms. The van der Waals surface area contributed by atoms with Crippen LogP contribution in [0, 0.1) is 0 Å². The van der Waals surface area contributed by atoms with Crippen molar-refractivity contribution in [3.05, 3.63) is 71.8 Å². The van der Waals surface area contributed by atoms with Crippen LogP contribution in [0.3, 0.4) is 0 Å². The third kappa shape index (κ3) is 4.70. The lowest BCUT2D eigenvalue weighted by molar-refractivity contribution is -0.117. The second-order valence-corrected chi connectivity index (χ2v) is 5.71. The highest BCUT2D eigenvalue weighted by Crippen LogP contribution is 2.20. The zero-order valence-electron chi connectivity index (χ0n) is 14.2. The molecule has 0 saturated heterocycles. The third-order valence-electron chi connectivity index (χ3n) is 3.88. The summed E-state index contributed by atoms with van der Waals surface area (Å²) in [6.45, 7) is 3.66. The standard InChI is InChI=1S/C20H23NO3/c1-14(16-7-5-4-6-8-16)13-19(22)21-15(2)20(23)17-9-11-18(24-3)12-10-17/h4-13,15,20,23H,1-3H3,(H,21,22)/b14-13-. The van der Waals surface area contributed by atoms with Gasteiger partial charge in [-0.1, -0.05) is 42.5 Å². The summed E-state index contributed by atoms with van der Waals surface area (Å²) < 4.78 is 5.10. The Balaban J connectivity index is 1.99. The van der Waals surface area contributed by atoms with E-state index in [0.717, 1.165) is 22.4 Å². The number of ether oxygens (including phenoxy) is 1. The Bertz CT molecular complexity index is 693. The lowest BCUT2D eigenvalue weighted by Gasteiger charge is -2.20. The second-order valence-electron chi connectivity index (χ2n) is 5.71. The monoisotopic (exact) mass is 325 g/mol. The minimum atomic E-state index is -0.787. The molecule has 0 heterocycles. The largest absolute Gasteiger partial charge is 0.497 e. The smallest absolute Gasteiger partial charge is 0.244 e. The van der Waals surface area contributed by atoms with Crippen LogP contribution in [0.1, 0.15) is 31.1 Å². The third-order valence-corrected chi connectivity index (χ3v) is 3.88. The van der Waals surface area contributed by atoms with Crippen LogP contribution in [-0.2, 0) is 4.79 Å². The highest BCUT2D eigenvalue weighted by molar-refractivity contribution is 5.95. The van der Waals surface area contributed by atoms with E-state index in [9.17, 15) is 9.90 Å². The van der Waals surface area contributed by atoms with Gasteiger partial charge in [0.15, 0.2) is 0 Å². The summed E-state index contributed by atoms with van der Waals surface area (Å²) in [6.07, 6.45) is 0.761. The number of hydrogen-bond donors (Lipinski definition) is 2. The first-order valence-electron chi connectivity index (χ1n) is 7.87. The molecule has 0 fully saturated rings. The van der Waals surface area contributed by atoms with Crippen molar-refractivity contribution in [2.75, 3.05) is 7.11 Å². The maximum Gasteiger partial charge on any atom is 0.244 e. The van der Waals surface area contributed by atoms with Gasteiger partial charge < -0.3 is 15.2 Å². The van der Waals surface area contributed by atoms with E-state index in [0.29, 0.717) is 0 Å². The molecule has 1 amide bonds. The number of methoxy groups -OCH3 is 1. The minimum absolute atomic E-state index is 0.226. The van der Waals surface area contributed by atoms with E-state index in [4.69, 9.17) is 4.74 Å². The van der Waals surface area contributed by atoms with E-state index in [1.807, 2.05) is 37.3 Å². The van der Waals surface area contributed by atoms with Crippen molar-refractivity contribution < 1.29 is 14.6 Å². The molecule has 24 heavy (non-hydrogen) atoms. The number of aliphatic hydroxyl groups is 1. The first-order valence-corrected chi connectivity index (χ1v) is 7.87. The minimum Gasteiger partial charge on any atom is -0.497 e. The SMILES string of the molecule is COc1ccc(C(O)C(C)NC(=O)/C=C(/C)c2ccccc2)cc1. The van der Waals surface area contributed by atoms with Crippen molar-refractivity contribution in [1.82, 2.24) is 5.32 Å². The molecule has 4 heteroatoms. The van der Waals surface area contributed by atoms with E-state index in [1.54, 1.807) is 44.4 Å². The van der Waals surface area contributed by atoms with Crippen LogP contribution in [0.25, 0.3) is 5.57 Å². The number of amides is 1. The molecule has 0 bridgehead atoms. The van der Waals surface area contributed by atoms with Crippen LogP contribution in [-0.4, -0.2) is 24.2 Å². The molecule has 2 atom stereocenters. The maximum absolute atomic E-state index is 12.2. The number of rotatable bonds is 6. The summed E-state index contributed by atoms with van der Waals surface area (Å²) >= 11 is 0. The number of hydrogen-bond acceptors (Lipinski definition) is 3. The highest BCUT2D eigenvalue weighted by Gasteiger charge is 2.17. The van der Waals surface area contributed by atoms with Gasteiger partial charge in [0.05, 0.1) is 19.3 Å². The van der Waals surface area contributed by atoms with Gasteiger partial charge in [0.25, 0.3) is 0 Å². The quantitative estimate of drug-likeness (QED) is 0.801. The average Bonchev–Trinajstić information content (AvgIpc) is 2.61. The summed E-state index contributed by atoms with van der Waals surface area (Å²) in [4.78, 5) is 12.2. The van der Waals surface area contributed by atoms with Gasteiger partial charge >= 0.3 is 0 Å². The van der Waals surface area contributed by atoms with Crippen LogP contribution in [0.4, 0.5) is 0 Å². The molecule has 0 aliphatic rings. The van der Waals surface area contributed by atoms with Gasteiger partial charge in [-0.05, 0) is 42.7 Å². The zero-order valence-corrected chi connectivity index (χ0v) is 14.2. The van der Waals surface area contributed by atoms with Crippen molar-refractivity contribution in [2.24, 2.45) is 0 Å². The fourth-order valence-electron chi connectivity index (χ4n) is 2.42. The molecule has 126 valence electrons. The fraction of sp³-hybridized carbons (Fsp3) is 0.250. The Hall–Kier alpha value is -2.59. The summed E-state index contributed by atoms with van der Waals surface area (Å²) in [6, 6.07) is 16.4. The molecule has 0 saturated carbocycles. The first kappa shape index (κ1) is 17.8. The van der Waals surface area contributed by atoms with Gasteiger partial charge in [0.1, 0.15) is 5.75 Å². The predicted octanol–water partition coefficient (Wildman–Crippen LogP) is 3.34.